The Labute approximate surface area is 175 Å². The maximum atomic E-state index is 14.5. The molecule has 0 N–H and O–H groups in total. The topological polar surface area (TPSA) is 23.8 Å². The molecule has 0 heterocycles. The van der Waals surface area contributed by atoms with Crippen molar-refractivity contribution < 1.29 is 13.2 Å². The predicted molar refractivity (Wildman–Crippen MR) is 113 cm³/mol. The van der Waals surface area contributed by atoms with Gasteiger partial charge in [-0.2, -0.15) is 5.26 Å². The number of benzene rings is 3. The SMILES string of the molecule is C=CCc1ccc(CCc2ccc(CCc3cc(F)c(C#N)c(F)c3)c(F)c2)cc1. The average molecular weight is 405 g/mol. The van der Waals surface area contributed by atoms with E-state index < -0.39 is 17.2 Å². The Bertz CT molecular complexity index is 1060. The molecule has 0 bridgehead atoms. The Balaban J connectivity index is 1.60. The molecule has 0 unspecified atom stereocenters. The second kappa shape index (κ2) is 9.93. The molecule has 0 aliphatic carbocycles. The molecule has 152 valence electrons. The van der Waals surface area contributed by atoms with E-state index in [9.17, 15) is 13.2 Å². The summed E-state index contributed by atoms with van der Waals surface area (Å²) in [6.45, 7) is 3.73. The van der Waals surface area contributed by atoms with Crippen molar-refractivity contribution in [2.75, 3.05) is 0 Å². The zero-order valence-corrected chi connectivity index (χ0v) is 16.6. The highest BCUT2D eigenvalue weighted by molar-refractivity contribution is 5.36. The predicted octanol–water partition coefficient (Wildman–Crippen LogP) is 6.27. The molecule has 0 spiro atoms. The molecule has 0 radical (unpaired) electrons. The maximum Gasteiger partial charge on any atom is 0.144 e. The zero-order valence-electron chi connectivity index (χ0n) is 16.6. The summed E-state index contributed by atoms with van der Waals surface area (Å²) in [5, 5.41) is 8.73. The normalized spacial score (nSPS) is 10.6. The van der Waals surface area contributed by atoms with E-state index in [0.29, 0.717) is 17.5 Å². The van der Waals surface area contributed by atoms with E-state index in [4.69, 9.17) is 5.26 Å². The van der Waals surface area contributed by atoms with E-state index in [0.717, 1.165) is 37.0 Å². The van der Waals surface area contributed by atoms with Gasteiger partial charge in [0.05, 0.1) is 0 Å². The van der Waals surface area contributed by atoms with E-state index in [1.165, 1.54) is 23.3 Å². The van der Waals surface area contributed by atoms with E-state index in [1.54, 1.807) is 6.07 Å². The van der Waals surface area contributed by atoms with E-state index in [2.05, 4.69) is 30.8 Å². The van der Waals surface area contributed by atoms with Gasteiger partial charge in [-0.3, -0.25) is 0 Å². The highest BCUT2D eigenvalue weighted by atomic mass is 19.1. The summed E-state index contributed by atoms with van der Waals surface area (Å²) in [4.78, 5) is 0. The molecule has 0 atom stereocenters. The summed E-state index contributed by atoms with van der Waals surface area (Å²) in [7, 11) is 0. The van der Waals surface area contributed by atoms with Crippen LogP contribution in [-0.4, -0.2) is 0 Å². The lowest BCUT2D eigenvalue weighted by atomic mass is 9.98. The summed E-state index contributed by atoms with van der Waals surface area (Å²) < 4.78 is 41.9. The third-order valence-electron chi connectivity index (χ3n) is 5.12. The van der Waals surface area contributed by atoms with Crippen LogP contribution < -0.4 is 0 Å². The molecule has 0 aromatic heterocycles. The molecule has 3 aromatic carbocycles. The fraction of sp³-hybridized carbons (Fsp3) is 0.192. The van der Waals surface area contributed by atoms with E-state index >= 15 is 0 Å². The number of nitriles is 1. The Morgan fingerprint density at radius 2 is 1.23 bits per heavy atom. The third kappa shape index (κ3) is 5.39. The molecule has 3 rings (SSSR count). The van der Waals surface area contributed by atoms with Crippen molar-refractivity contribution in [1.82, 2.24) is 0 Å². The number of allylic oxidation sites excluding steroid dienone is 1. The first-order valence-electron chi connectivity index (χ1n) is 9.84. The molecular formula is C26H22F3N. The van der Waals surface area contributed by atoms with Crippen LogP contribution in [0.2, 0.25) is 0 Å². The Kier molecular flexibility index (Phi) is 7.08. The molecule has 3 aromatic rings. The summed E-state index contributed by atoms with van der Waals surface area (Å²) >= 11 is 0. The zero-order chi connectivity index (χ0) is 21.5. The maximum absolute atomic E-state index is 14.5. The van der Waals surface area contributed by atoms with Crippen LogP contribution in [0, 0.1) is 28.8 Å². The molecular weight excluding hydrogens is 383 g/mol. The average Bonchev–Trinajstić information content (AvgIpc) is 2.72. The number of hydrogen-bond acceptors (Lipinski definition) is 1. The summed E-state index contributed by atoms with van der Waals surface area (Å²) in [6.07, 6.45) is 4.86. The Morgan fingerprint density at radius 1 is 0.700 bits per heavy atom. The van der Waals surface area contributed by atoms with Gasteiger partial charge in [0.1, 0.15) is 29.1 Å². The monoisotopic (exact) mass is 405 g/mol. The van der Waals surface area contributed by atoms with Crippen molar-refractivity contribution in [3.8, 4) is 6.07 Å². The van der Waals surface area contributed by atoms with Gasteiger partial charge >= 0.3 is 0 Å². The van der Waals surface area contributed by atoms with Gasteiger partial charge in [0.15, 0.2) is 0 Å². The Hall–Kier alpha value is -3.32. The lowest BCUT2D eigenvalue weighted by Gasteiger charge is -2.08. The molecule has 0 fully saturated rings. The molecule has 0 saturated carbocycles. The second-order valence-corrected chi connectivity index (χ2v) is 7.28. The summed E-state index contributed by atoms with van der Waals surface area (Å²) in [5.74, 6) is -2.09. The highest BCUT2D eigenvalue weighted by Crippen LogP contribution is 2.19. The van der Waals surface area contributed by atoms with Crippen molar-refractivity contribution in [2.45, 2.75) is 32.1 Å². The van der Waals surface area contributed by atoms with Crippen molar-refractivity contribution in [3.05, 3.63) is 118 Å². The van der Waals surface area contributed by atoms with Crippen LogP contribution in [0.5, 0.6) is 0 Å². The Morgan fingerprint density at radius 3 is 1.83 bits per heavy atom. The van der Waals surface area contributed by atoms with Crippen molar-refractivity contribution in [1.29, 1.82) is 5.26 Å². The minimum absolute atomic E-state index is 0.285. The molecule has 0 saturated heterocycles. The molecule has 0 amide bonds. The van der Waals surface area contributed by atoms with Crippen LogP contribution in [0.25, 0.3) is 0 Å². The van der Waals surface area contributed by atoms with Crippen LogP contribution >= 0.6 is 0 Å². The first kappa shape index (κ1) is 21.4. The van der Waals surface area contributed by atoms with Crippen molar-refractivity contribution in [3.63, 3.8) is 0 Å². The fourth-order valence-corrected chi connectivity index (χ4v) is 3.40. The smallest absolute Gasteiger partial charge is 0.144 e. The number of aryl methyl sites for hydroxylation is 4. The lowest BCUT2D eigenvalue weighted by Crippen LogP contribution is -2.00. The van der Waals surface area contributed by atoms with Crippen LogP contribution in [0.1, 0.15) is 33.4 Å². The van der Waals surface area contributed by atoms with Gasteiger partial charge in [-0.05, 0) is 78.1 Å². The molecule has 0 aliphatic heterocycles. The first-order valence-corrected chi connectivity index (χ1v) is 9.84. The standard InChI is InChI=1S/C26H22F3N/c1-2-3-18-4-6-19(7-5-18)8-9-20-10-12-22(24(27)14-20)13-11-21-15-25(28)23(17-30)26(29)16-21/h2,4-7,10,12,14-16H,1,3,8-9,11,13H2. The van der Waals surface area contributed by atoms with Crippen LogP contribution in [0.15, 0.2) is 67.3 Å². The van der Waals surface area contributed by atoms with Crippen molar-refractivity contribution in [2.24, 2.45) is 0 Å². The summed E-state index contributed by atoms with van der Waals surface area (Å²) in [5.41, 5.74) is 3.61. The molecule has 4 heteroatoms. The van der Waals surface area contributed by atoms with Gasteiger partial charge in [0.2, 0.25) is 0 Å². The van der Waals surface area contributed by atoms with E-state index in [-0.39, 0.29) is 12.2 Å². The fourth-order valence-electron chi connectivity index (χ4n) is 3.40. The van der Waals surface area contributed by atoms with Gasteiger partial charge in [-0.15, -0.1) is 6.58 Å². The largest absolute Gasteiger partial charge is 0.207 e. The minimum atomic E-state index is -0.888. The number of hydrogen-bond donors (Lipinski definition) is 0. The van der Waals surface area contributed by atoms with Gasteiger partial charge in [0, 0.05) is 0 Å². The molecule has 0 aliphatic rings. The number of nitrogens with zero attached hydrogens (tertiary/aromatic N) is 1. The van der Waals surface area contributed by atoms with Gasteiger partial charge in [0.25, 0.3) is 0 Å². The van der Waals surface area contributed by atoms with Gasteiger partial charge < -0.3 is 0 Å². The van der Waals surface area contributed by atoms with Crippen LogP contribution in [0.3, 0.4) is 0 Å². The minimum Gasteiger partial charge on any atom is -0.207 e. The second-order valence-electron chi connectivity index (χ2n) is 7.28. The molecule has 1 nitrogen and oxygen atoms in total. The van der Waals surface area contributed by atoms with E-state index in [1.807, 2.05) is 12.1 Å². The van der Waals surface area contributed by atoms with Gasteiger partial charge in [-0.1, -0.05) is 42.5 Å². The first-order chi connectivity index (χ1) is 14.5. The van der Waals surface area contributed by atoms with Crippen molar-refractivity contribution >= 4 is 0 Å². The lowest BCUT2D eigenvalue weighted by molar-refractivity contribution is 0.572. The van der Waals surface area contributed by atoms with Gasteiger partial charge in [-0.25, -0.2) is 13.2 Å². The number of halogens is 3. The summed E-state index contributed by atoms with van der Waals surface area (Å²) in [6, 6.07) is 17.2. The third-order valence-corrected chi connectivity index (χ3v) is 5.12. The quantitative estimate of drug-likeness (QED) is 0.405. The molecule has 30 heavy (non-hydrogen) atoms. The number of rotatable bonds is 8. The van der Waals surface area contributed by atoms with Crippen LogP contribution in [0.4, 0.5) is 13.2 Å². The van der Waals surface area contributed by atoms with Crippen LogP contribution in [-0.2, 0) is 32.1 Å². The highest BCUT2D eigenvalue weighted by Gasteiger charge is 2.11.